The Labute approximate surface area is 215 Å². The summed E-state index contributed by atoms with van der Waals surface area (Å²) in [6.45, 7) is 11.2. The molecule has 198 valence electrons. The van der Waals surface area contributed by atoms with E-state index in [2.05, 4.69) is 39.1 Å². The molecule has 8 heteroatoms. The number of carbonyl (C=O) groups is 2. The summed E-state index contributed by atoms with van der Waals surface area (Å²) in [6, 6.07) is 10.9. The van der Waals surface area contributed by atoms with Crippen molar-refractivity contribution in [1.82, 2.24) is 10.2 Å². The maximum atomic E-state index is 13.3. The molecule has 36 heavy (non-hydrogen) atoms. The van der Waals surface area contributed by atoms with Gasteiger partial charge in [-0.2, -0.15) is 5.26 Å². The van der Waals surface area contributed by atoms with Crippen molar-refractivity contribution in [2.24, 2.45) is 16.7 Å². The predicted octanol–water partition coefficient (Wildman–Crippen LogP) is 4.29. The van der Waals surface area contributed by atoms with Gasteiger partial charge in [0.25, 0.3) is 5.91 Å². The molecule has 0 aromatic heterocycles. The first-order valence-electron chi connectivity index (χ1n) is 12.9. The third kappa shape index (κ3) is 8.79. The van der Waals surface area contributed by atoms with Crippen LogP contribution in [-0.2, 0) is 25.6 Å². The van der Waals surface area contributed by atoms with E-state index >= 15 is 0 Å². The van der Waals surface area contributed by atoms with Gasteiger partial charge in [0, 0.05) is 13.1 Å². The van der Waals surface area contributed by atoms with Crippen LogP contribution in [0.5, 0.6) is 0 Å². The van der Waals surface area contributed by atoms with E-state index in [1.54, 1.807) is 4.90 Å². The smallest absolute Gasteiger partial charge is 0.410 e. The highest BCUT2D eigenvalue weighted by molar-refractivity contribution is 5.84. The van der Waals surface area contributed by atoms with Gasteiger partial charge < -0.3 is 24.4 Å². The van der Waals surface area contributed by atoms with Crippen molar-refractivity contribution in [1.29, 1.82) is 5.26 Å². The van der Waals surface area contributed by atoms with Crippen LogP contribution in [0.25, 0.3) is 0 Å². The van der Waals surface area contributed by atoms with Gasteiger partial charge in [0.05, 0.1) is 32.5 Å². The highest BCUT2D eigenvalue weighted by Gasteiger charge is 2.41. The minimum absolute atomic E-state index is 0.0464. The third-order valence-corrected chi connectivity index (χ3v) is 6.86. The second kappa shape index (κ2) is 12.6. The molecule has 1 N–H and O–H groups in total. The Morgan fingerprint density at radius 3 is 2.39 bits per heavy atom. The van der Waals surface area contributed by atoms with Crippen LogP contribution in [0, 0.1) is 28.1 Å². The van der Waals surface area contributed by atoms with Gasteiger partial charge in [0.15, 0.2) is 6.10 Å². The van der Waals surface area contributed by atoms with Crippen LogP contribution in [-0.4, -0.2) is 62.0 Å². The number of nitrogens with one attached hydrogen (secondary N) is 1. The largest absolute Gasteiger partial charge is 0.436 e. The van der Waals surface area contributed by atoms with Crippen molar-refractivity contribution in [2.75, 3.05) is 32.9 Å². The molecule has 0 spiro atoms. The van der Waals surface area contributed by atoms with Crippen LogP contribution in [0.2, 0.25) is 0 Å². The lowest BCUT2D eigenvalue weighted by molar-refractivity contribution is -0.132. The molecular weight excluding hydrogens is 458 g/mol. The fraction of sp³-hybridized carbons (Fsp3) is 0.679. The Hall–Kier alpha value is -2.63. The Kier molecular flexibility index (Phi) is 9.75. The lowest BCUT2D eigenvalue weighted by atomic mass is 9.60. The van der Waals surface area contributed by atoms with E-state index in [0.29, 0.717) is 39.3 Å². The Morgan fingerprint density at radius 2 is 1.78 bits per heavy atom. The zero-order chi connectivity index (χ0) is 26.2. The molecule has 2 fully saturated rings. The zero-order valence-corrected chi connectivity index (χ0v) is 22.1. The van der Waals surface area contributed by atoms with Crippen molar-refractivity contribution < 1.29 is 23.8 Å². The molecule has 1 saturated heterocycles. The lowest BCUT2D eigenvalue weighted by Crippen LogP contribution is -2.49. The number of rotatable bonds is 9. The molecule has 1 heterocycles. The molecule has 1 aromatic carbocycles. The van der Waals surface area contributed by atoms with Crippen molar-refractivity contribution >= 4 is 12.0 Å². The summed E-state index contributed by atoms with van der Waals surface area (Å²) >= 11 is 0. The van der Waals surface area contributed by atoms with Crippen LogP contribution in [0.3, 0.4) is 0 Å². The summed E-state index contributed by atoms with van der Waals surface area (Å²) in [6.07, 6.45) is 1.96. The normalized spacial score (nSPS) is 21.1. The van der Waals surface area contributed by atoms with Crippen molar-refractivity contribution in [3.8, 4) is 6.07 Å². The molecule has 8 nitrogen and oxygen atoms in total. The maximum absolute atomic E-state index is 13.3. The highest BCUT2D eigenvalue weighted by atomic mass is 16.6. The summed E-state index contributed by atoms with van der Waals surface area (Å²) in [7, 11) is 0. The molecule has 2 aliphatic rings. The van der Waals surface area contributed by atoms with Gasteiger partial charge in [-0.3, -0.25) is 4.79 Å². The Bertz CT molecular complexity index is 890. The van der Waals surface area contributed by atoms with Gasteiger partial charge >= 0.3 is 6.09 Å². The number of benzene rings is 1. The molecule has 1 aliphatic carbocycles. The molecule has 1 aromatic rings. The number of morpholine rings is 1. The summed E-state index contributed by atoms with van der Waals surface area (Å²) < 4.78 is 16.8. The van der Waals surface area contributed by atoms with Gasteiger partial charge in [-0.15, -0.1) is 0 Å². The average Bonchev–Trinajstić information content (AvgIpc) is 2.82. The first kappa shape index (κ1) is 27.9. The number of nitrogens with zero attached hydrogens (tertiary/aromatic N) is 2. The molecular formula is C28H41N3O5. The summed E-state index contributed by atoms with van der Waals surface area (Å²) in [5, 5.41) is 12.4. The second-order valence-corrected chi connectivity index (χ2v) is 11.7. The Balaban J connectivity index is 1.64. The fourth-order valence-electron chi connectivity index (χ4n) is 5.94. The monoisotopic (exact) mass is 499 g/mol. The first-order valence-corrected chi connectivity index (χ1v) is 12.9. The average molecular weight is 500 g/mol. The molecule has 0 unspecified atom stereocenters. The molecule has 0 radical (unpaired) electrons. The summed E-state index contributed by atoms with van der Waals surface area (Å²) in [4.78, 5) is 27.8. The van der Waals surface area contributed by atoms with Gasteiger partial charge in [-0.05, 0) is 48.0 Å². The van der Waals surface area contributed by atoms with E-state index < -0.39 is 24.1 Å². The van der Waals surface area contributed by atoms with Crippen LogP contribution >= 0.6 is 0 Å². The van der Waals surface area contributed by atoms with Crippen LogP contribution in [0.1, 0.15) is 58.9 Å². The molecule has 0 bridgehead atoms. The van der Waals surface area contributed by atoms with Crippen molar-refractivity contribution in [2.45, 2.75) is 72.1 Å². The highest BCUT2D eigenvalue weighted by Crippen LogP contribution is 2.49. The predicted molar refractivity (Wildman–Crippen MR) is 136 cm³/mol. The standard InChI is InChI=1S/C28H41N3O5/c1-27(2)15-22(16-28(3,4)20-27)14-24(36-26(33)31-10-12-34-13-11-31)25(32)30-23(17-29)19-35-18-21-8-6-5-7-9-21/h5-9,22-24H,10-16,18-20H2,1-4H3,(H,30,32)/t23-,24+/m1/s1. The number of hydrogen-bond acceptors (Lipinski definition) is 6. The number of ether oxygens (including phenoxy) is 3. The van der Waals surface area contributed by atoms with Gasteiger partial charge in [-0.25, -0.2) is 4.79 Å². The third-order valence-electron chi connectivity index (χ3n) is 6.86. The minimum atomic E-state index is -0.972. The number of carbonyl (C=O) groups excluding carboxylic acids is 2. The van der Waals surface area contributed by atoms with E-state index in [4.69, 9.17) is 14.2 Å². The van der Waals surface area contributed by atoms with E-state index in [1.807, 2.05) is 30.3 Å². The molecule has 3 rings (SSSR count). The van der Waals surface area contributed by atoms with E-state index in [0.717, 1.165) is 24.8 Å². The number of hydrogen-bond donors (Lipinski definition) is 1. The van der Waals surface area contributed by atoms with Gasteiger partial charge in [0.2, 0.25) is 0 Å². The molecule has 2 atom stereocenters. The zero-order valence-electron chi connectivity index (χ0n) is 22.1. The van der Waals surface area contributed by atoms with Gasteiger partial charge in [-0.1, -0.05) is 58.0 Å². The second-order valence-electron chi connectivity index (χ2n) is 11.7. The van der Waals surface area contributed by atoms with Crippen LogP contribution in [0.15, 0.2) is 30.3 Å². The SMILES string of the molecule is CC1(C)CC(C[C@H](OC(=O)N2CCOCC2)C(=O)N[C@H](C#N)COCc2ccccc2)CC(C)(C)C1. The molecule has 1 aliphatic heterocycles. The minimum Gasteiger partial charge on any atom is -0.436 e. The lowest BCUT2D eigenvalue weighted by Gasteiger charge is -2.45. The summed E-state index contributed by atoms with van der Waals surface area (Å²) in [5.74, 6) is -0.223. The number of nitriles is 1. The van der Waals surface area contributed by atoms with Gasteiger partial charge in [0.1, 0.15) is 6.04 Å². The number of amides is 2. The fourth-order valence-corrected chi connectivity index (χ4v) is 5.94. The molecule has 2 amide bonds. The van der Waals surface area contributed by atoms with Crippen molar-refractivity contribution in [3.05, 3.63) is 35.9 Å². The van der Waals surface area contributed by atoms with E-state index in [9.17, 15) is 14.9 Å². The van der Waals surface area contributed by atoms with Crippen molar-refractivity contribution in [3.63, 3.8) is 0 Å². The van der Waals surface area contributed by atoms with Crippen LogP contribution in [0.4, 0.5) is 4.79 Å². The first-order chi connectivity index (χ1) is 17.1. The van der Waals surface area contributed by atoms with Crippen LogP contribution < -0.4 is 5.32 Å². The quantitative estimate of drug-likeness (QED) is 0.544. The van der Waals surface area contributed by atoms with E-state index in [1.165, 1.54) is 0 Å². The topological polar surface area (TPSA) is 101 Å². The summed E-state index contributed by atoms with van der Waals surface area (Å²) in [5.41, 5.74) is 1.27. The molecule has 1 saturated carbocycles. The maximum Gasteiger partial charge on any atom is 0.410 e. The Morgan fingerprint density at radius 1 is 1.14 bits per heavy atom. The van der Waals surface area contributed by atoms with E-state index in [-0.39, 0.29) is 23.4 Å².